The normalized spacial score (nSPS) is 10.9. The topological polar surface area (TPSA) is 28.7 Å². The van der Waals surface area contributed by atoms with Crippen molar-refractivity contribution < 1.29 is 0 Å². The maximum atomic E-state index is 4.41. The number of imidazole rings is 1. The molecule has 2 aromatic rings. The molecule has 2 nitrogen and oxygen atoms in total. The molecule has 0 saturated heterocycles. The number of aromatic amines is 1. The number of aryl methyl sites for hydroxylation is 2. The molecule has 1 N–H and O–H groups in total. The Hall–Kier alpha value is -0.960. The fourth-order valence-electron chi connectivity index (χ4n) is 1.29. The van der Waals surface area contributed by atoms with Crippen LogP contribution >= 0.6 is 12.6 Å². The third-order valence-corrected chi connectivity index (χ3v) is 2.53. The molecule has 0 fully saturated rings. The number of nitrogens with zero attached hydrogens (tertiary/aromatic N) is 1. The lowest BCUT2D eigenvalue weighted by Crippen LogP contribution is -1.77. The van der Waals surface area contributed by atoms with Crippen LogP contribution in [0.4, 0.5) is 0 Å². The first-order valence-corrected chi connectivity index (χ1v) is 4.28. The van der Waals surface area contributed by atoms with Crippen molar-refractivity contribution in [3.05, 3.63) is 23.5 Å². The van der Waals surface area contributed by atoms with Gasteiger partial charge < -0.3 is 4.98 Å². The van der Waals surface area contributed by atoms with E-state index in [1.54, 1.807) is 0 Å². The standard InChI is InChI=1S/C9H10N2S/c1-5-3-4-7-8(9(5)12)11-6(2)10-7/h3-4,12H,1-2H3,(H,10,11). The molecule has 0 spiro atoms. The Bertz CT molecular complexity index is 431. The predicted octanol–water partition coefficient (Wildman–Crippen LogP) is 2.47. The zero-order valence-corrected chi connectivity index (χ0v) is 7.94. The number of hydrogen-bond donors (Lipinski definition) is 2. The van der Waals surface area contributed by atoms with Gasteiger partial charge in [0.2, 0.25) is 0 Å². The van der Waals surface area contributed by atoms with Crippen LogP contribution in [-0.4, -0.2) is 9.97 Å². The van der Waals surface area contributed by atoms with Gasteiger partial charge in [-0.2, -0.15) is 0 Å². The number of fused-ring (bicyclic) bond motifs is 1. The van der Waals surface area contributed by atoms with Crippen LogP contribution in [0.1, 0.15) is 11.4 Å². The third-order valence-electron chi connectivity index (χ3n) is 1.95. The van der Waals surface area contributed by atoms with Crippen molar-refractivity contribution in [3.63, 3.8) is 0 Å². The summed E-state index contributed by atoms with van der Waals surface area (Å²) in [6, 6.07) is 4.04. The largest absolute Gasteiger partial charge is 0.341 e. The van der Waals surface area contributed by atoms with Gasteiger partial charge in [-0.25, -0.2) is 4.98 Å². The summed E-state index contributed by atoms with van der Waals surface area (Å²) in [4.78, 5) is 8.48. The highest BCUT2D eigenvalue weighted by Gasteiger charge is 2.03. The second-order valence-corrected chi connectivity index (χ2v) is 3.39. The monoisotopic (exact) mass is 178 g/mol. The minimum Gasteiger partial charge on any atom is -0.341 e. The smallest absolute Gasteiger partial charge is 0.104 e. The predicted molar refractivity (Wildman–Crippen MR) is 52.8 cm³/mol. The highest BCUT2D eigenvalue weighted by molar-refractivity contribution is 7.80. The van der Waals surface area contributed by atoms with E-state index >= 15 is 0 Å². The molecular weight excluding hydrogens is 168 g/mol. The number of thiol groups is 1. The number of rotatable bonds is 0. The second-order valence-electron chi connectivity index (χ2n) is 2.95. The summed E-state index contributed by atoms with van der Waals surface area (Å²) < 4.78 is 0. The molecule has 62 valence electrons. The van der Waals surface area contributed by atoms with Crippen molar-refractivity contribution in [1.82, 2.24) is 9.97 Å². The van der Waals surface area contributed by atoms with Crippen LogP contribution in [0.25, 0.3) is 11.0 Å². The maximum absolute atomic E-state index is 4.41. The van der Waals surface area contributed by atoms with Crippen LogP contribution in [0, 0.1) is 13.8 Å². The van der Waals surface area contributed by atoms with Crippen LogP contribution in [0.3, 0.4) is 0 Å². The van der Waals surface area contributed by atoms with E-state index < -0.39 is 0 Å². The number of benzene rings is 1. The van der Waals surface area contributed by atoms with E-state index in [0.717, 1.165) is 21.8 Å². The molecule has 0 saturated carbocycles. The van der Waals surface area contributed by atoms with Crippen LogP contribution in [-0.2, 0) is 0 Å². The molecule has 3 heteroatoms. The van der Waals surface area contributed by atoms with Crippen molar-refractivity contribution >= 4 is 23.7 Å². The minimum atomic E-state index is 0.936. The summed E-state index contributed by atoms with van der Waals surface area (Å²) in [6.07, 6.45) is 0. The Kier molecular flexibility index (Phi) is 1.61. The highest BCUT2D eigenvalue weighted by atomic mass is 32.1. The molecule has 1 aromatic heterocycles. The Morgan fingerprint density at radius 3 is 2.83 bits per heavy atom. The number of H-pyrrole nitrogens is 1. The van der Waals surface area contributed by atoms with Crippen LogP contribution < -0.4 is 0 Å². The van der Waals surface area contributed by atoms with Gasteiger partial charge in [0.15, 0.2) is 0 Å². The van der Waals surface area contributed by atoms with E-state index in [2.05, 4.69) is 22.6 Å². The first kappa shape index (κ1) is 7.68. The van der Waals surface area contributed by atoms with Gasteiger partial charge in [-0.15, -0.1) is 12.6 Å². The molecule has 0 atom stereocenters. The molecule has 0 aliphatic carbocycles. The van der Waals surface area contributed by atoms with Crippen LogP contribution in [0.2, 0.25) is 0 Å². The third kappa shape index (κ3) is 1.01. The SMILES string of the molecule is Cc1nc2ccc(C)c(S)c2[nH]1. The summed E-state index contributed by atoms with van der Waals surface area (Å²) in [5.74, 6) is 0.936. The van der Waals surface area contributed by atoms with Gasteiger partial charge in [-0.05, 0) is 25.5 Å². The van der Waals surface area contributed by atoms with Gasteiger partial charge in [-0.3, -0.25) is 0 Å². The van der Waals surface area contributed by atoms with Gasteiger partial charge >= 0.3 is 0 Å². The van der Waals surface area contributed by atoms with Crippen molar-refractivity contribution in [2.75, 3.05) is 0 Å². The van der Waals surface area contributed by atoms with Gasteiger partial charge in [0.25, 0.3) is 0 Å². The average Bonchev–Trinajstić information content (AvgIpc) is 2.39. The van der Waals surface area contributed by atoms with Crippen molar-refractivity contribution in [1.29, 1.82) is 0 Å². The van der Waals surface area contributed by atoms with E-state index in [9.17, 15) is 0 Å². The molecule has 1 heterocycles. The zero-order valence-electron chi connectivity index (χ0n) is 7.05. The van der Waals surface area contributed by atoms with Crippen molar-refractivity contribution in [3.8, 4) is 0 Å². The lowest BCUT2D eigenvalue weighted by molar-refractivity contribution is 1.16. The molecule has 0 radical (unpaired) electrons. The average molecular weight is 178 g/mol. The quantitative estimate of drug-likeness (QED) is 0.596. The summed E-state index contributed by atoms with van der Waals surface area (Å²) in [6.45, 7) is 3.99. The maximum Gasteiger partial charge on any atom is 0.104 e. The number of hydrogen-bond acceptors (Lipinski definition) is 2. The van der Waals surface area contributed by atoms with E-state index in [1.165, 1.54) is 5.56 Å². The molecule has 1 aromatic carbocycles. The van der Waals surface area contributed by atoms with E-state index in [4.69, 9.17) is 0 Å². The first-order chi connectivity index (χ1) is 5.68. The van der Waals surface area contributed by atoms with E-state index in [1.807, 2.05) is 26.0 Å². The molecule has 0 aliphatic rings. The van der Waals surface area contributed by atoms with Gasteiger partial charge in [0.1, 0.15) is 5.82 Å². The van der Waals surface area contributed by atoms with Gasteiger partial charge in [0.05, 0.1) is 11.0 Å². The minimum absolute atomic E-state index is 0.936. The molecule has 12 heavy (non-hydrogen) atoms. The molecule has 0 aliphatic heterocycles. The Morgan fingerprint density at radius 1 is 1.33 bits per heavy atom. The summed E-state index contributed by atoms with van der Waals surface area (Å²) in [7, 11) is 0. The van der Waals surface area contributed by atoms with Crippen molar-refractivity contribution in [2.45, 2.75) is 18.7 Å². The summed E-state index contributed by atoms with van der Waals surface area (Å²) in [5, 5.41) is 0. The van der Waals surface area contributed by atoms with Crippen LogP contribution in [0.5, 0.6) is 0 Å². The molecular formula is C9H10N2S. The fourth-order valence-corrected chi connectivity index (χ4v) is 1.54. The van der Waals surface area contributed by atoms with E-state index in [0.29, 0.717) is 0 Å². The molecule has 0 amide bonds. The second kappa shape index (κ2) is 2.52. The van der Waals surface area contributed by atoms with Crippen molar-refractivity contribution in [2.24, 2.45) is 0 Å². The lowest BCUT2D eigenvalue weighted by Gasteiger charge is -1.97. The fraction of sp³-hybridized carbons (Fsp3) is 0.222. The Labute approximate surface area is 76.4 Å². The highest BCUT2D eigenvalue weighted by Crippen LogP contribution is 2.22. The lowest BCUT2D eigenvalue weighted by atomic mass is 10.2. The Balaban J connectivity index is 2.89. The number of nitrogens with one attached hydrogen (secondary N) is 1. The van der Waals surface area contributed by atoms with Gasteiger partial charge in [0, 0.05) is 4.90 Å². The zero-order chi connectivity index (χ0) is 8.72. The Morgan fingerprint density at radius 2 is 2.08 bits per heavy atom. The molecule has 2 rings (SSSR count). The molecule has 0 unspecified atom stereocenters. The number of aromatic nitrogens is 2. The summed E-state index contributed by atoms with van der Waals surface area (Å²) >= 11 is 4.41. The summed E-state index contributed by atoms with van der Waals surface area (Å²) in [5.41, 5.74) is 3.20. The van der Waals surface area contributed by atoms with Gasteiger partial charge in [-0.1, -0.05) is 6.07 Å². The van der Waals surface area contributed by atoms with E-state index in [-0.39, 0.29) is 0 Å². The first-order valence-electron chi connectivity index (χ1n) is 3.83. The van der Waals surface area contributed by atoms with Crippen LogP contribution in [0.15, 0.2) is 17.0 Å². The molecule has 0 bridgehead atoms.